The summed E-state index contributed by atoms with van der Waals surface area (Å²) < 4.78 is 0. The quantitative estimate of drug-likeness (QED) is 0.563. The van der Waals surface area contributed by atoms with Crippen LogP contribution in [0.2, 0.25) is 0 Å². The molecule has 1 aromatic rings. The van der Waals surface area contributed by atoms with Gasteiger partial charge in [-0.25, -0.2) is 0 Å². The van der Waals surface area contributed by atoms with Gasteiger partial charge < -0.3 is 10.4 Å². The molecular weight excluding hydrogens is 260 g/mol. The van der Waals surface area contributed by atoms with Crippen molar-refractivity contribution in [2.45, 2.75) is 30.6 Å². The number of benzene rings is 1. The minimum absolute atomic E-state index is 0.228. The molecular formula is C14H18N2O2S. The molecule has 0 saturated heterocycles. The lowest BCUT2D eigenvalue weighted by molar-refractivity contribution is -0.137. The van der Waals surface area contributed by atoms with E-state index in [1.165, 1.54) is 0 Å². The summed E-state index contributed by atoms with van der Waals surface area (Å²) in [5.41, 5.74) is 1.54. The van der Waals surface area contributed by atoms with Crippen LogP contribution in [0.1, 0.15) is 31.2 Å². The number of carboxylic acids is 1. The number of rotatable bonds is 8. The van der Waals surface area contributed by atoms with E-state index in [1.807, 2.05) is 24.5 Å². The van der Waals surface area contributed by atoms with Gasteiger partial charge in [0.05, 0.1) is 11.3 Å². The lowest BCUT2D eigenvalue weighted by Gasteiger charge is -2.10. The van der Waals surface area contributed by atoms with Crippen LogP contribution < -0.4 is 5.32 Å². The summed E-state index contributed by atoms with van der Waals surface area (Å²) in [5.74, 6) is -0.743. The maximum atomic E-state index is 10.4. The van der Waals surface area contributed by atoms with Gasteiger partial charge in [-0.15, -0.1) is 11.8 Å². The van der Waals surface area contributed by atoms with E-state index in [4.69, 9.17) is 10.4 Å². The first-order chi connectivity index (χ1) is 9.19. The summed E-state index contributed by atoms with van der Waals surface area (Å²) >= 11 is 1.56. The zero-order valence-electron chi connectivity index (χ0n) is 11.0. The highest BCUT2D eigenvalue weighted by atomic mass is 32.2. The highest BCUT2D eigenvalue weighted by Gasteiger charge is 2.06. The van der Waals surface area contributed by atoms with E-state index in [1.54, 1.807) is 11.8 Å². The SMILES string of the molecule is CSc1cccc(NCCCCCC(=O)O)c1C#N. The number of nitrogens with zero attached hydrogens (tertiary/aromatic N) is 1. The predicted octanol–water partition coefficient (Wildman–Crippen LogP) is 3.34. The predicted molar refractivity (Wildman–Crippen MR) is 77.5 cm³/mol. The van der Waals surface area contributed by atoms with Crippen LogP contribution in [-0.4, -0.2) is 23.9 Å². The fraction of sp³-hybridized carbons (Fsp3) is 0.429. The minimum Gasteiger partial charge on any atom is -0.481 e. The van der Waals surface area contributed by atoms with Crippen molar-refractivity contribution in [2.24, 2.45) is 0 Å². The molecule has 0 aliphatic rings. The molecule has 0 unspecified atom stereocenters. The van der Waals surface area contributed by atoms with Gasteiger partial charge in [0, 0.05) is 17.9 Å². The van der Waals surface area contributed by atoms with E-state index < -0.39 is 5.97 Å². The molecule has 0 fully saturated rings. The van der Waals surface area contributed by atoms with Crippen molar-refractivity contribution in [1.82, 2.24) is 0 Å². The van der Waals surface area contributed by atoms with Crippen molar-refractivity contribution in [1.29, 1.82) is 5.26 Å². The Kier molecular flexibility index (Phi) is 6.83. The molecule has 4 nitrogen and oxygen atoms in total. The number of carboxylic acid groups (broad SMARTS) is 1. The fourth-order valence-electron chi connectivity index (χ4n) is 1.76. The molecule has 0 heterocycles. The Bertz CT molecular complexity index is 469. The lowest BCUT2D eigenvalue weighted by Crippen LogP contribution is -2.04. The summed E-state index contributed by atoms with van der Waals surface area (Å²) in [6.45, 7) is 0.756. The van der Waals surface area contributed by atoms with Gasteiger partial charge in [0.2, 0.25) is 0 Å². The summed E-state index contributed by atoms with van der Waals surface area (Å²) in [4.78, 5) is 11.3. The van der Waals surface area contributed by atoms with Gasteiger partial charge in [0.1, 0.15) is 6.07 Å². The average molecular weight is 278 g/mol. The second-order valence-corrected chi connectivity index (χ2v) is 4.97. The molecule has 0 aliphatic heterocycles. The Balaban J connectivity index is 2.41. The van der Waals surface area contributed by atoms with Crippen molar-refractivity contribution in [3.8, 4) is 6.07 Å². The van der Waals surface area contributed by atoms with Crippen LogP contribution in [0.5, 0.6) is 0 Å². The molecule has 1 rings (SSSR count). The number of hydrogen-bond acceptors (Lipinski definition) is 4. The highest BCUT2D eigenvalue weighted by Crippen LogP contribution is 2.26. The largest absolute Gasteiger partial charge is 0.481 e. The highest BCUT2D eigenvalue weighted by molar-refractivity contribution is 7.98. The van der Waals surface area contributed by atoms with Crippen LogP contribution in [-0.2, 0) is 4.79 Å². The summed E-state index contributed by atoms with van der Waals surface area (Å²) in [6, 6.07) is 7.98. The van der Waals surface area contributed by atoms with Crippen molar-refractivity contribution >= 4 is 23.4 Å². The van der Waals surface area contributed by atoms with Gasteiger partial charge in [0.25, 0.3) is 0 Å². The number of hydrogen-bond donors (Lipinski definition) is 2. The zero-order chi connectivity index (χ0) is 14.1. The van der Waals surface area contributed by atoms with Crippen LogP contribution in [0.15, 0.2) is 23.1 Å². The smallest absolute Gasteiger partial charge is 0.303 e. The summed E-state index contributed by atoms with van der Waals surface area (Å²) in [6.07, 6.45) is 4.66. The third-order valence-electron chi connectivity index (χ3n) is 2.74. The second-order valence-electron chi connectivity index (χ2n) is 4.13. The molecule has 0 spiro atoms. The van der Waals surface area contributed by atoms with Gasteiger partial charge in [0.15, 0.2) is 0 Å². The van der Waals surface area contributed by atoms with Crippen LogP contribution >= 0.6 is 11.8 Å². The Morgan fingerprint density at radius 3 is 2.84 bits per heavy atom. The standard InChI is InChI=1S/C14H18N2O2S/c1-19-13-7-5-6-12(11(13)10-15)16-9-4-2-3-8-14(17)18/h5-7,16H,2-4,8-9H2,1H3,(H,17,18). The van der Waals surface area contributed by atoms with Crippen molar-refractivity contribution in [3.05, 3.63) is 23.8 Å². The monoisotopic (exact) mass is 278 g/mol. The molecule has 19 heavy (non-hydrogen) atoms. The van der Waals surface area contributed by atoms with Crippen LogP contribution in [0.4, 0.5) is 5.69 Å². The van der Waals surface area contributed by atoms with E-state index in [0.29, 0.717) is 12.0 Å². The number of carbonyl (C=O) groups is 1. The number of nitriles is 1. The number of unbranched alkanes of at least 4 members (excludes halogenated alkanes) is 2. The van der Waals surface area contributed by atoms with Crippen molar-refractivity contribution in [2.75, 3.05) is 18.1 Å². The molecule has 2 N–H and O–H groups in total. The molecule has 1 aromatic carbocycles. The third-order valence-corrected chi connectivity index (χ3v) is 3.52. The normalized spacial score (nSPS) is 9.89. The van der Waals surface area contributed by atoms with Crippen LogP contribution in [0, 0.1) is 11.3 Å². The maximum Gasteiger partial charge on any atom is 0.303 e. The minimum atomic E-state index is -0.743. The average Bonchev–Trinajstić information content (AvgIpc) is 2.41. The van der Waals surface area contributed by atoms with E-state index in [9.17, 15) is 4.79 Å². The summed E-state index contributed by atoms with van der Waals surface area (Å²) in [7, 11) is 0. The van der Waals surface area contributed by atoms with Crippen molar-refractivity contribution < 1.29 is 9.90 Å². The molecule has 5 heteroatoms. The first-order valence-corrected chi connectivity index (χ1v) is 7.44. The van der Waals surface area contributed by atoms with Crippen LogP contribution in [0.25, 0.3) is 0 Å². The molecule has 0 bridgehead atoms. The number of nitrogens with one attached hydrogen (secondary N) is 1. The van der Waals surface area contributed by atoms with E-state index in [2.05, 4.69) is 11.4 Å². The molecule has 0 amide bonds. The van der Waals surface area contributed by atoms with Gasteiger partial charge in [-0.2, -0.15) is 5.26 Å². The zero-order valence-corrected chi connectivity index (χ0v) is 11.8. The first kappa shape index (κ1) is 15.4. The van der Waals surface area contributed by atoms with E-state index in [0.717, 1.165) is 30.0 Å². The fourth-order valence-corrected chi connectivity index (χ4v) is 2.34. The Morgan fingerprint density at radius 1 is 1.42 bits per heavy atom. The molecule has 0 atom stereocenters. The third kappa shape index (κ3) is 5.23. The topological polar surface area (TPSA) is 73.1 Å². The van der Waals surface area contributed by atoms with Crippen LogP contribution in [0.3, 0.4) is 0 Å². The Labute approximate surface area is 117 Å². The number of anilines is 1. The Hall–Kier alpha value is -1.67. The molecule has 0 radical (unpaired) electrons. The van der Waals surface area contributed by atoms with Gasteiger partial charge in [-0.3, -0.25) is 4.79 Å². The molecule has 0 saturated carbocycles. The second kappa shape index (κ2) is 8.44. The number of aliphatic carboxylic acids is 1. The summed E-state index contributed by atoms with van der Waals surface area (Å²) in [5, 5.41) is 20.9. The van der Waals surface area contributed by atoms with Gasteiger partial charge in [-0.05, 0) is 31.2 Å². The maximum absolute atomic E-state index is 10.4. The molecule has 0 aromatic heterocycles. The van der Waals surface area contributed by atoms with E-state index >= 15 is 0 Å². The lowest BCUT2D eigenvalue weighted by atomic mass is 10.1. The number of thioether (sulfide) groups is 1. The molecule has 102 valence electrons. The van der Waals surface area contributed by atoms with E-state index in [-0.39, 0.29) is 6.42 Å². The molecule has 0 aliphatic carbocycles. The first-order valence-electron chi connectivity index (χ1n) is 6.21. The Morgan fingerprint density at radius 2 is 2.21 bits per heavy atom. The van der Waals surface area contributed by atoms with Gasteiger partial charge >= 0.3 is 5.97 Å². The van der Waals surface area contributed by atoms with Gasteiger partial charge in [-0.1, -0.05) is 12.5 Å². The van der Waals surface area contributed by atoms with Crippen molar-refractivity contribution in [3.63, 3.8) is 0 Å².